The molecule has 0 amide bonds. The molecular formula is C29H48O15Sn2. The van der Waals surface area contributed by atoms with Crippen molar-refractivity contribution in [2.45, 2.75) is 128 Å². The molecule has 46 heavy (non-hydrogen) atoms. The Balaban J connectivity index is 2.51. The summed E-state index contributed by atoms with van der Waals surface area (Å²) in [5.74, 6) is -7.34. The molecule has 0 radical (unpaired) electrons. The van der Waals surface area contributed by atoms with Crippen LogP contribution in [0.15, 0.2) is 0 Å². The molecule has 15 nitrogen and oxygen atoms in total. The predicted octanol–water partition coefficient (Wildman–Crippen LogP) is 2.08. The van der Waals surface area contributed by atoms with Crippen LogP contribution in [0.4, 0.5) is 0 Å². The van der Waals surface area contributed by atoms with Crippen LogP contribution in [0.25, 0.3) is 0 Å². The van der Waals surface area contributed by atoms with E-state index in [4.69, 9.17) is 18.4 Å². The monoisotopic (exact) mass is 876 g/mol. The van der Waals surface area contributed by atoms with Gasteiger partial charge in [0.05, 0.1) is 0 Å². The molecule has 0 aromatic rings. The minimum absolute atomic E-state index is 0.137. The summed E-state index contributed by atoms with van der Waals surface area (Å²) in [4.78, 5) is 79.9. The standard InChI is InChI=1S/3C7H12O5.2C4H9.2Sn/c3*1-6(2,4(8)9)7(3,12)5(10)11;2*1-3-4-2;;/h3*12H,1-3H3,(H,8,9)(H,10,11);2*1,3-4H2,2H3;;/q;;;;;2*+3/p-6. The Morgan fingerprint density at radius 1 is 0.652 bits per heavy atom. The zero-order valence-corrected chi connectivity index (χ0v) is 34.2. The molecule has 0 spiro atoms. The van der Waals surface area contributed by atoms with Crippen molar-refractivity contribution in [3.05, 3.63) is 0 Å². The molecule has 2 fully saturated rings. The Hall–Kier alpha value is -1.70. The van der Waals surface area contributed by atoms with Crippen molar-refractivity contribution < 1.29 is 62.5 Å². The van der Waals surface area contributed by atoms with Crippen LogP contribution < -0.4 is 0 Å². The van der Waals surface area contributed by atoms with Gasteiger partial charge in [0.1, 0.15) is 0 Å². The Morgan fingerprint density at radius 2 is 0.957 bits per heavy atom. The van der Waals surface area contributed by atoms with E-state index in [1.165, 1.54) is 27.7 Å². The van der Waals surface area contributed by atoms with Gasteiger partial charge in [0, 0.05) is 0 Å². The van der Waals surface area contributed by atoms with Crippen molar-refractivity contribution in [1.82, 2.24) is 0 Å². The van der Waals surface area contributed by atoms with Crippen LogP contribution in [0.5, 0.6) is 0 Å². The van der Waals surface area contributed by atoms with Crippen molar-refractivity contribution >= 4 is 75.1 Å². The molecule has 0 aromatic carbocycles. The van der Waals surface area contributed by atoms with Crippen LogP contribution in [-0.2, 0) is 47.2 Å². The second-order valence-corrected chi connectivity index (χ2v) is 28.1. The van der Waals surface area contributed by atoms with E-state index in [9.17, 15) is 44.1 Å². The van der Waals surface area contributed by atoms with Gasteiger partial charge in [-0.1, -0.05) is 0 Å². The quantitative estimate of drug-likeness (QED) is 0.253. The number of hydrogen-bond acceptors (Lipinski definition) is 15. The second-order valence-electron chi connectivity index (χ2n) is 14.0. The number of rotatable bonds is 11. The van der Waals surface area contributed by atoms with Gasteiger partial charge in [-0.2, -0.15) is 0 Å². The van der Waals surface area contributed by atoms with Gasteiger partial charge >= 0.3 is 281 Å². The summed E-state index contributed by atoms with van der Waals surface area (Å²) in [7, 11) is 0. The summed E-state index contributed by atoms with van der Waals surface area (Å²) in [5.41, 5.74) is -13.2. The van der Waals surface area contributed by atoms with E-state index in [0.717, 1.165) is 34.6 Å². The van der Waals surface area contributed by atoms with Gasteiger partial charge in [-0.15, -0.1) is 0 Å². The average molecular weight is 874 g/mol. The molecule has 2 heterocycles. The second kappa shape index (κ2) is 13.3. The summed E-state index contributed by atoms with van der Waals surface area (Å²) in [6, 6.07) is 0. The fourth-order valence-corrected chi connectivity index (χ4v) is 19.8. The molecule has 262 valence electrons. The van der Waals surface area contributed by atoms with Crippen molar-refractivity contribution in [2.75, 3.05) is 0 Å². The van der Waals surface area contributed by atoms with Crippen LogP contribution in [0, 0.1) is 16.2 Å². The maximum absolute atomic E-state index is 13.8. The van der Waals surface area contributed by atoms with Crippen molar-refractivity contribution in [3.8, 4) is 0 Å². The summed E-state index contributed by atoms with van der Waals surface area (Å²) in [5, 5.41) is 33.3. The molecule has 3 N–H and O–H groups in total. The van der Waals surface area contributed by atoms with Crippen LogP contribution in [0.2, 0.25) is 8.87 Å². The van der Waals surface area contributed by atoms with Gasteiger partial charge in [-0.25, -0.2) is 0 Å². The summed E-state index contributed by atoms with van der Waals surface area (Å²) in [6.07, 6.45) is 1.61. The molecule has 17 heteroatoms. The summed E-state index contributed by atoms with van der Waals surface area (Å²) in [6.45, 7) is 14.0. The van der Waals surface area contributed by atoms with Gasteiger partial charge in [-0.05, 0) is 0 Å². The van der Waals surface area contributed by atoms with Crippen LogP contribution in [-0.4, -0.2) is 107 Å². The zero-order valence-electron chi connectivity index (χ0n) is 28.5. The minimum atomic E-state index is -5.64. The normalized spacial score (nSPS) is 32.4. The van der Waals surface area contributed by atoms with E-state index < -0.39 is 108 Å². The van der Waals surface area contributed by atoms with E-state index >= 15 is 0 Å². The summed E-state index contributed by atoms with van der Waals surface area (Å²) < 4.78 is 33.2. The third-order valence-electron chi connectivity index (χ3n) is 9.54. The van der Waals surface area contributed by atoms with Gasteiger partial charge in [0.25, 0.3) is 0 Å². The van der Waals surface area contributed by atoms with Crippen molar-refractivity contribution in [3.63, 3.8) is 0 Å². The molecule has 0 bridgehead atoms. The summed E-state index contributed by atoms with van der Waals surface area (Å²) >= 11 is -11.2. The molecule has 2 saturated heterocycles. The van der Waals surface area contributed by atoms with E-state index in [0.29, 0.717) is 19.3 Å². The number of aliphatic hydroxyl groups is 3. The number of carbonyl (C=O) groups is 6. The van der Waals surface area contributed by atoms with Crippen LogP contribution >= 0.6 is 0 Å². The molecular weight excluding hydrogens is 826 g/mol. The maximum atomic E-state index is 13.8. The van der Waals surface area contributed by atoms with Crippen LogP contribution in [0.3, 0.4) is 0 Å². The molecule has 0 saturated carbocycles. The number of hydrogen-bond donors (Lipinski definition) is 3. The fraction of sp³-hybridized carbons (Fsp3) is 0.793. The van der Waals surface area contributed by atoms with Gasteiger partial charge in [-0.3, -0.25) is 0 Å². The first-order valence-corrected chi connectivity index (χ1v) is 26.2. The Bertz CT molecular complexity index is 1110. The molecule has 5 unspecified atom stereocenters. The van der Waals surface area contributed by atoms with Gasteiger partial charge < -0.3 is 0 Å². The topological polar surface area (TPSA) is 218 Å². The molecule has 0 aliphatic carbocycles. The van der Waals surface area contributed by atoms with Gasteiger partial charge in [0.15, 0.2) is 0 Å². The molecule has 0 aromatic heterocycles. The Labute approximate surface area is 280 Å². The first-order valence-electron chi connectivity index (χ1n) is 15.2. The van der Waals surface area contributed by atoms with E-state index in [1.807, 2.05) is 0 Å². The average Bonchev–Trinajstić information content (AvgIpc) is 3.00. The third-order valence-corrected chi connectivity index (χ3v) is 23.6. The zero-order chi connectivity index (χ0) is 35.9. The van der Waals surface area contributed by atoms with Crippen LogP contribution in [0.1, 0.15) is 102 Å². The van der Waals surface area contributed by atoms with E-state index in [1.54, 1.807) is 13.8 Å². The Kier molecular flexibility index (Phi) is 11.7. The van der Waals surface area contributed by atoms with Crippen molar-refractivity contribution in [1.29, 1.82) is 0 Å². The molecule has 2 aliphatic rings. The fourth-order valence-electron chi connectivity index (χ4n) is 4.11. The molecule has 2 aliphatic heterocycles. The third kappa shape index (κ3) is 7.03. The number of carbonyl (C=O) groups excluding carboxylic acids is 6. The van der Waals surface area contributed by atoms with Gasteiger partial charge in [0.2, 0.25) is 0 Å². The van der Waals surface area contributed by atoms with E-state index in [2.05, 4.69) is 0 Å². The SMILES string of the molecule is CCC[CH2][Sn]1([O]C(=O)C(C)(C)C(C)(O)C(=O)[O][Sn]2([CH2]CCC)[O]C(=O)C(C)(C)C(C)(O)C(=O)[O]2)[O]C(=O)C(C)(C)C(C)(O)C(=O)[O]1. The predicted molar refractivity (Wildman–Crippen MR) is 161 cm³/mol. The first kappa shape index (κ1) is 40.5. The number of unbranched alkanes of at least 4 members (excludes halogenated alkanes) is 2. The molecule has 5 atom stereocenters. The van der Waals surface area contributed by atoms with E-state index in [-0.39, 0.29) is 15.3 Å². The first-order chi connectivity index (χ1) is 20.6. The van der Waals surface area contributed by atoms with Crippen molar-refractivity contribution in [2.24, 2.45) is 16.2 Å². The Morgan fingerprint density at radius 3 is 1.28 bits per heavy atom. The molecule has 2 rings (SSSR count).